The van der Waals surface area contributed by atoms with Crippen molar-refractivity contribution in [2.45, 2.75) is 12.8 Å². The summed E-state index contributed by atoms with van der Waals surface area (Å²) in [7, 11) is 0. The van der Waals surface area contributed by atoms with Crippen LogP contribution in [0.15, 0.2) is 47.6 Å². The summed E-state index contributed by atoms with van der Waals surface area (Å²) in [5.41, 5.74) is 3.36. The quantitative estimate of drug-likeness (QED) is 0.586. The Kier molecular flexibility index (Phi) is 6.91. The van der Waals surface area contributed by atoms with Gasteiger partial charge >= 0.3 is 0 Å². The highest BCUT2D eigenvalue weighted by atomic mass is 35.5. The van der Waals surface area contributed by atoms with Crippen LogP contribution < -0.4 is 10.7 Å². The molecular weight excluding hydrogens is 368 g/mol. The lowest BCUT2D eigenvalue weighted by Gasteiger charge is -2.07. The van der Waals surface area contributed by atoms with E-state index < -0.39 is 5.91 Å². The molecule has 25 heavy (non-hydrogen) atoms. The number of anilines is 1. The monoisotopic (exact) mass is 381 g/mol. The average molecular weight is 382 g/mol. The van der Waals surface area contributed by atoms with Gasteiger partial charge in [0.15, 0.2) is 0 Å². The number of amides is 2. The molecule has 0 bridgehead atoms. The molecule has 5 nitrogen and oxygen atoms in total. The van der Waals surface area contributed by atoms with Crippen molar-refractivity contribution < 1.29 is 14.0 Å². The maximum atomic E-state index is 12.7. The van der Waals surface area contributed by atoms with E-state index in [1.165, 1.54) is 36.5 Å². The second-order valence-electron chi connectivity index (χ2n) is 5.02. The number of carbonyl (C=O) groups is 2. The molecule has 2 aromatic carbocycles. The standard InChI is InChI=1S/C17H14Cl2FN3O2/c18-12-3-6-15(14(19)9-12)22-16(24)7-8-17(25)23-21-10-11-1-4-13(20)5-2-11/h1-6,9-10H,7-8H2,(H,22,24)(H,23,25). The minimum Gasteiger partial charge on any atom is -0.325 e. The minimum atomic E-state index is -0.421. The molecule has 0 aromatic heterocycles. The Balaban J connectivity index is 1.75. The Labute approximate surface area is 153 Å². The third-order valence-corrected chi connectivity index (χ3v) is 3.61. The minimum absolute atomic E-state index is 0.0309. The summed E-state index contributed by atoms with van der Waals surface area (Å²) in [6.45, 7) is 0. The Morgan fingerprint density at radius 3 is 2.40 bits per heavy atom. The third-order valence-electron chi connectivity index (χ3n) is 3.06. The van der Waals surface area contributed by atoms with Crippen LogP contribution in [0, 0.1) is 5.82 Å². The number of hydrogen-bond acceptors (Lipinski definition) is 3. The average Bonchev–Trinajstić information content (AvgIpc) is 2.57. The molecule has 0 fully saturated rings. The molecule has 0 unspecified atom stereocenters. The van der Waals surface area contributed by atoms with Crippen molar-refractivity contribution in [3.63, 3.8) is 0 Å². The van der Waals surface area contributed by atoms with E-state index in [1.807, 2.05) is 0 Å². The number of nitrogens with zero attached hydrogens (tertiary/aromatic N) is 1. The lowest BCUT2D eigenvalue weighted by atomic mass is 10.2. The van der Waals surface area contributed by atoms with Gasteiger partial charge in [-0.25, -0.2) is 9.82 Å². The number of hydrazone groups is 1. The van der Waals surface area contributed by atoms with Crippen LogP contribution in [-0.4, -0.2) is 18.0 Å². The van der Waals surface area contributed by atoms with Gasteiger partial charge in [-0.2, -0.15) is 5.10 Å². The SMILES string of the molecule is O=C(CCC(=O)Nc1ccc(Cl)cc1Cl)NN=Cc1ccc(F)cc1. The first-order chi connectivity index (χ1) is 11.9. The molecule has 8 heteroatoms. The number of halogens is 3. The van der Waals surface area contributed by atoms with Gasteiger partial charge in [-0.1, -0.05) is 35.3 Å². The summed E-state index contributed by atoms with van der Waals surface area (Å²) in [4.78, 5) is 23.5. The van der Waals surface area contributed by atoms with Crippen molar-refractivity contribution >= 4 is 46.9 Å². The van der Waals surface area contributed by atoms with Crippen LogP contribution in [0.4, 0.5) is 10.1 Å². The van der Waals surface area contributed by atoms with Gasteiger partial charge in [-0.05, 0) is 35.9 Å². The van der Waals surface area contributed by atoms with E-state index in [0.717, 1.165) is 0 Å². The summed E-state index contributed by atoms with van der Waals surface area (Å²) in [6.07, 6.45) is 1.31. The Hall–Kier alpha value is -2.44. The first-order valence-corrected chi connectivity index (χ1v) is 8.02. The molecule has 0 saturated carbocycles. The molecule has 0 aliphatic heterocycles. The van der Waals surface area contributed by atoms with Gasteiger partial charge in [0.25, 0.3) is 0 Å². The van der Waals surface area contributed by atoms with E-state index in [2.05, 4.69) is 15.8 Å². The molecule has 0 atom stereocenters. The lowest BCUT2D eigenvalue weighted by molar-refractivity contribution is -0.124. The Morgan fingerprint density at radius 2 is 1.72 bits per heavy atom. The zero-order valence-corrected chi connectivity index (χ0v) is 14.4. The van der Waals surface area contributed by atoms with E-state index in [1.54, 1.807) is 12.1 Å². The van der Waals surface area contributed by atoms with Crippen molar-refractivity contribution in [1.29, 1.82) is 0 Å². The molecule has 0 saturated heterocycles. The highest BCUT2D eigenvalue weighted by Gasteiger charge is 2.09. The summed E-state index contributed by atoms with van der Waals surface area (Å²) >= 11 is 11.7. The maximum Gasteiger partial charge on any atom is 0.240 e. The van der Waals surface area contributed by atoms with Crippen molar-refractivity contribution in [2.75, 3.05) is 5.32 Å². The number of nitrogens with one attached hydrogen (secondary N) is 2. The maximum absolute atomic E-state index is 12.7. The van der Waals surface area contributed by atoms with Gasteiger partial charge in [0, 0.05) is 17.9 Å². The zero-order valence-electron chi connectivity index (χ0n) is 12.9. The van der Waals surface area contributed by atoms with Crippen LogP contribution in [-0.2, 0) is 9.59 Å². The van der Waals surface area contributed by atoms with Gasteiger partial charge < -0.3 is 5.32 Å². The molecule has 0 aliphatic rings. The zero-order chi connectivity index (χ0) is 18.2. The van der Waals surface area contributed by atoms with Gasteiger partial charge in [-0.15, -0.1) is 0 Å². The largest absolute Gasteiger partial charge is 0.325 e. The van der Waals surface area contributed by atoms with E-state index in [-0.39, 0.29) is 24.6 Å². The van der Waals surface area contributed by atoms with E-state index in [4.69, 9.17) is 23.2 Å². The summed E-state index contributed by atoms with van der Waals surface area (Å²) in [6, 6.07) is 10.3. The predicted octanol–water partition coefficient (Wildman–Crippen LogP) is 4.00. The second kappa shape index (κ2) is 9.15. The Morgan fingerprint density at radius 1 is 1.04 bits per heavy atom. The summed E-state index contributed by atoms with van der Waals surface area (Å²) < 4.78 is 12.7. The number of benzene rings is 2. The molecular formula is C17H14Cl2FN3O2. The summed E-state index contributed by atoms with van der Waals surface area (Å²) in [5.74, 6) is -1.13. The Bertz CT molecular complexity index is 795. The molecule has 130 valence electrons. The fraction of sp³-hybridized carbons (Fsp3) is 0.118. The van der Waals surface area contributed by atoms with E-state index in [0.29, 0.717) is 21.3 Å². The van der Waals surface area contributed by atoms with Crippen LogP contribution in [0.2, 0.25) is 10.0 Å². The first kappa shape index (κ1) is 18.9. The van der Waals surface area contributed by atoms with Gasteiger partial charge in [-0.3, -0.25) is 9.59 Å². The van der Waals surface area contributed by atoms with Gasteiger partial charge in [0.05, 0.1) is 16.9 Å². The summed E-state index contributed by atoms with van der Waals surface area (Å²) in [5, 5.41) is 7.11. The highest BCUT2D eigenvalue weighted by molar-refractivity contribution is 6.36. The number of carbonyl (C=O) groups excluding carboxylic acids is 2. The normalized spacial score (nSPS) is 10.7. The third kappa shape index (κ3) is 6.52. The molecule has 2 amide bonds. The molecule has 0 heterocycles. The molecule has 0 aliphatic carbocycles. The predicted molar refractivity (Wildman–Crippen MR) is 96.5 cm³/mol. The molecule has 0 spiro atoms. The highest BCUT2D eigenvalue weighted by Crippen LogP contribution is 2.25. The van der Waals surface area contributed by atoms with Crippen molar-refractivity contribution in [2.24, 2.45) is 5.10 Å². The second-order valence-corrected chi connectivity index (χ2v) is 5.86. The first-order valence-electron chi connectivity index (χ1n) is 7.26. The molecule has 2 N–H and O–H groups in total. The lowest BCUT2D eigenvalue weighted by Crippen LogP contribution is -2.20. The van der Waals surface area contributed by atoms with Crippen molar-refractivity contribution in [3.8, 4) is 0 Å². The van der Waals surface area contributed by atoms with Crippen LogP contribution in [0.25, 0.3) is 0 Å². The fourth-order valence-corrected chi connectivity index (χ4v) is 2.27. The van der Waals surface area contributed by atoms with Crippen molar-refractivity contribution in [3.05, 3.63) is 63.9 Å². The van der Waals surface area contributed by atoms with Crippen LogP contribution >= 0.6 is 23.2 Å². The topological polar surface area (TPSA) is 70.6 Å². The van der Waals surface area contributed by atoms with Crippen LogP contribution in [0.1, 0.15) is 18.4 Å². The number of hydrogen-bond donors (Lipinski definition) is 2. The van der Waals surface area contributed by atoms with Gasteiger partial charge in [0.2, 0.25) is 11.8 Å². The molecule has 2 rings (SSSR count). The van der Waals surface area contributed by atoms with Crippen LogP contribution in [0.3, 0.4) is 0 Å². The number of rotatable bonds is 6. The molecule has 0 radical (unpaired) electrons. The molecule has 2 aromatic rings. The van der Waals surface area contributed by atoms with Crippen molar-refractivity contribution in [1.82, 2.24) is 5.43 Å². The van der Waals surface area contributed by atoms with Crippen LogP contribution in [0.5, 0.6) is 0 Å². The van der Waals surface area contributed by atoms with E-state index >= 15 is 0 Å². The van der Waals surface area contributed by atoms with E-state index in [9.17, 15) is 14.0 Å². The van der Waals surface area contributed by atoms with Gasteiger partial charge in [0.1, 0.15) is 5.82 Å². The fourth-order valence-electron chi connectivity index (χ4n) is 1.81. The smallest absolute Gasteiger partial charge is 0.240 e.